The van der Waals surface area contributed by atoms with Crippen LogP contribution in [0.2, 0.25) is 0 Å². The van der Waals surface area contributed by atoms with Crippen molar-refractivity contribution in [2.75, 3.05) is 5.32 Å². The van der Waals surface area contributed by atoms with E-state index in [1.54, 1.807) is 24.3 Å². The standard InChI is InChI=1S/C17H16N2O5/c1-11(20)13-7-3-4-8-14(13)18-16(21)12(2)24-17(22)15-9-5-6-10-19(15)23/h3-10,12H,1-2H3,(H,18,21)/t12-/m1/s1. The molecule has 0 saturated carbocycles. The van der Waals surface area contributed by atoms with E-state index < -0.39 is 18.0 Å². The van der Waals surface area contributed by atoms with E-state index in [0.717, 1.165) is 6.20 Å². The highest BCUT2D eigenvalue weighted by Crippen LogP contribution is 2.16. The van der Waals surface area contributed by atoms with Crippen molar-refractivity contribution in [2.45, 2.75) is 20.0 Å². The smallest absolute Gasteiger partial charge is 0.405 e. The van der Waals surface area contributed by atoms with Gasteiger partial charge < -0.3 is 15.3 Å². The Balaban J connectivity index is 2.07. The minimum atomic E-state index is -1.14. The molecule has 0 bridgehead atoms. The third-order valence-corrected chi connectivity index (χ3v) is 3.25. The Morgan fingerprint density at radius 2 is 1.79 bits per heavy atom. The number of esters is 1. The SMILES string of the molecule is CC(=O)c1ccccc1NC(=O)[C@@H](C)OC(=O)c1cccc[n+]1[O-]. The lowest BCUT2D eigenvalue weighted by molar-refractivity contribution is -0.608. The quantitative estimate of drug-likeness (QED) is 0.390. The number of benzene rings is 1. The molecule has 0 unspecified atom stereocenters. The number of ether oxygens (including phenoxy) is 1. The summed E-state index contributed by atoms with van der Waals surface area (Å²) in [5, 5.41) is 14.0. The van der Waals surface area contributed by atoms with Crippen LogP contribution in [0, 0.1) is 5.21 Å². The zero-order valence-corrected chi connectivity index (χ0v) is 13.2. The third kappa shape index (κ3) is 3.95. The number of anilines is 1. The van der Waals surface area contributed by atoms with Gasteiger partial charge in [-0.3, -0.25) is 9.59 Å². The summed E-state index contributed by atoms with van der Waals surface area (Å²) in [5.74, 6) is -1.72. The van der Waals surface area contributed by atoms with E-state index in [2.05, 4.69) is 5.32 Å². The average Bonchev–Trinajstić information content (AvgIpc) is 2.55. The first-order valence-electron chi connectivity index (χ1n) is 7.20. The van der Waals surface area contributed by atoms with E-state index in [4.69, 9.17) is 4.74 Å². The Morgan fingerprint density at radius 3 is 2.46 bits per heavy atom. The molecule has 0 aliphatic heterocycles. The normalized spacial score (nSPS) is 11.4. The van der Waals surface area contributed by atoms with Gasteiger partial charge in [0.2, 0.25) is 0 Å². The van der Waals surface area contributed by atoms with Gasteiger partial charge in [-0.05, 0) is 32.0 Å². The molecule has 0 aliphatic carbocycles. The highest BCUT2D eigenvalue weighted by atomic mass is 16.6. The van der Waals surface area contributed by atoms with Gasteiger partial charge in [-0.1, -0.05) is 12.1 Å². The number of rotatable bonds is 5. The number of carbonyl (C=O) groups excluding carboxylic acids is 3. The van der Waals surface area contributed by atoms with Crippen LogP contribution in [0.3, 0.4) is 0 Å². The second kappa shape index (κ2) is 7.36. The molecule has 1 aromatic heterocycles. The van der Waals surface area contributed by atoms with E-state index in [1.807, 2.05) is 0 Å². The summed E-state index contributed by atoms with van der Waals surface area (Å²) in [5.41, 5.74) is 0.461. The van der Waals surface area contributed by atoms with Gasteiger partial charge in [-0.2, -0.15) is 4.73 Å². The predicted octanol–water partition coefficient (Wildman–Crippen LogP) is 1.71. The fraction of sp³-hybridized carbons (Fsp3) is 0.176. The molecule has 1 atom stereocenters. The number of amides is 1. The number of hydrogen-bond donors (Lipinski definition) is 1. The highest BCUT2D eigenvalue weighted by Gasteiger charge is 2.24. The molecule has 0 radical (unpaired) electrons. The number of Topliss-reactive ketones (excluding diaryl/α,β-unsaturated/α-hetero) is 1. The maximum Gasteiger partial charge on any atom is 0.405 e. The van der Waals surface area contributed by atoms with Crippen molar-refractivity contribution in [3.63, 3.8) is 0 Å². The van der Waals surface area contributed by atoms with Crippen molar-refractivity contribution < 1.29 is 23.9 Å². The number of carbonyl (C=O) groups is 3. The lowest BCUT2D eigenvalue weighted by Crippen LogP contribution is -2.37. The fourth-order valence-corrected chi connectivity index (χ4v) is 1.99. The molecule has 2 rings (SSSR count). The second-order valence-electron chi connectivity index (χ2n) is 5.05. The van der Waals surface area contributed by atoms with Crippen LogP contribution < -0.4 is 10.0 Å². The topological polar surface area (TPSA) is 99.4 Å². The summed E-state index contributed by atoms with van der Waals surface area (Å²) in [6, 6.07) is 10.8. The molecule has 1 aromatic carbocycles. The van der Waals surface area contributed by atoms with Gasteiger partial charge in [-0.25, -0.2) is 4.79 Å². The molecular weight excluding hydrogens is 312 g/mol. The molecule has 2 aromatic rings. The lowest BCUT2D eigenvalue weighted by Gasteiger charge is -2.14. The first-order chi connectivity index (χ1) is 11.4. The summed E-state index contributed by atoms with van der Waals surface area (Å²) in [7, 11) is 0. The molecular formula is C17H16N2O5. The molecule has 1 heterocycles. The summed E-state index contributed by atoms with van der Waals surface area (Å²) in [4.78, 5) is 35.6. The number of nitrogens with zero attached hydrogens (tertiary/aromatic N) is 1. The molecule has 7 heteroatoms. The summed E-state index contributed by atoms with van der Waals surface area (Å²) >= 11 is 0. The van der Waals surface area contributed by atoms with Crippen molar-refractivity contribution in [3.05, 3.63) is 65.1 Å². The predicted molar refractivity (Wildman–Crippen MR) is 85.4 cm³/mol. The lowest BCUT2D eigenvalue weighted by atomic mass is 10.1. The molecule has 24 heavy (non-hydrogen) atoms. The Bertz CT molecular complexity index is 788. The third-order valence-electron chi connectivity index (χ3n) is 3.25. The fourth-order valence-electron chi connectivity index (χ4n) is 1.99. The number of hydrogen-bond acceptors (Lipinski definition) is 5. The Labute approximate surface area is 138 Å². The molecule has 0 saturated heterocycles. The van der Waals surface area contributed by atoms with Gasteiger partial charge in [0.1, 0.15) is 0 Å². The second-order valence-corrected chi connectivity index (χ2v) is 5.05. The van der Waals surface area contributed by atoms with E-state index in [-0.39, 0.29) is 11.5 Å². The van der Waals surface area contributed by atoms with Gasteiger partial charge in [-0.15, -0.1) is 0 Å². The van der Waals surface area contributed by atoms with Gasteiger partial charge in [0.15, 0.2) is 18.1 Å². The Morgan fingerprint density at radius 1 is 1.12 bits per heavy atom. The van der Waals surface area contributed by atoms with Crippen LogP contribution in [0.4, 0.5) is 5.69 Å². The minimum absolute atomic E-state index is 0.202. The highest BCUT2D eigenvalue weighted by molar-refractivity contribution is 6.05. The van der Waals surface area contributed by atoms with Crippen molar-refractivity contribution >= 4 is 23.3 Å². The van der Waals surface area contributed by atoms with Gasteiger partial charge in [0.05, 0.1) is 5.69 Å². The minimum Gasteiger partial charge on any atom is -0.618 e. The zero-order valence-electron chi connectivity index (χ0n) is 13.2. The number of nitrogens with one attached hydrogen (secondary N) is 1. The average molecular weight is 328 g/mol. The van der Waals surface area contributed by atoms with Crippen molar-refractivity contribution in [3.8, 4) is 0 Å². The molecule has 7 nitrogen and oxygen atoms in total. The maximum atomic E-state index is 12.2. The van der Waals surface area contributed by atoms with Crippen molar-refractivity contribution in [2.24, 2.45) is 0 Å². The van der Waals surface area contributed by atoms with Crippen LogP contribution in [0.15, 0.2) is 48.7 Å². The van der Waals surface area contributed by atoms with Gasteiger partial charge in [0, 0.05) is 17.7 Å². The largest absolute Gasteiger partial charge is 0.618 e. The summed E-state index contributed by atoms with van der Waals surface area (Å²) in [6.45, 7) is 2.76. The van der Waals surface area contributed by atoms with E-state index in [9.17, 15) is 19.6 Å². The molecule has 124 valence electrons. The van der Waals surface area contributed by atoms with Gasteiger partial charge >= 0.3 is 11.7 Å². The summed E-state index contributed by atoms with van der Waals surface area (Å²) < 4.78 is 5.35. The Hall–Kier alpha value is -3.22. The molecule has 0 fully saturated rings. The number of aromatic nitrogens is 1. The summed E-state index contributed by atoms with van der Waals surface area (Å²) in [6.07, 6.45) is 0.0162. The van der Waals surface area contributed by atoms with Crippen LogP contribution >= 0.6 is 0 Å². The van der Waals surface area contributed by atoms with Crippen LogP contribution in [-0.4, -0.2) is 23.8 Å². The van der Waals surface area contributed by atoms with E-state index >= 15 is 0 Å². The number of para-hydroxylation sites is 1. The van der Waals surface area contributed by atoms with Crippen molar-refractivity contribution in [1.82, 2.24) is 0 Å². The van der Waals surface area contributed by atoms with E-state index in [0.29, 0.717) is 16.0 Å². The van der Waals surface area contributed by atoms with Gasteiger partial charge in [0.25, 0.3) is 5.91 Å². The first kappa shape index (κ1) is 17.1. The molecule has 0 spiro atoms. The molecule has 0 aliphatic rings. The van der Waals surface area contributed by atoms with Crippen molar-refractivity contribution in [1.29, 1.82) is 0 Å². The van der Waals surface area contributed by atoms with Crippen LogP contribution in [0.5, 0.6) is 0 Å². The van der Waals surface area contributed by atoms with Crippen LogP contribution in [0.25, 0.3) is 0 Å². The Kier molecular flexibility index (Phi) is 5.26. The molecule has 1 amide bonds. The first-order valence-corrected chi connectivity index (χ1v) is 7.20. The number of ketones is 1. The maximum absolute atomic E-state index is 12.2. The van der Waals surface area contributed by atoms with Crippen LogP contribution in [0.1, 0.15) is 34.7 Å². The monoisotopic (exact) mass is 328 g/mol. The zero-order chi connectivity index (χ0) is 17.7. The number of pyridine rings is 1. The van der Waals surface area contributed by atoms with E-state index in [1.165, 1.54) is 32.0 Å². The molecule has 1 N–H and O–H groups in total. The van der Waals surface area contributed by atoms with Crippen LogP contribution in [-0.2, 0) is 9.53 Å².